The fraction of sp³-hybridized carbons (Fsp3) is 0.0571. The zero-order valence-corrected chi connectivity index (χ0v) is 22.2. The molecular weight excluding hydrogens is 510 g/mol. The third-order valence-electron chi connectivity index (χ3n) is 7.17. The van der Waals surface area contributed by atoms with Gasteiger partial charge in [-0.3, -0.25) is 9.78 Å². The molecule has 2 heterocycles. The fourth-order valence-electron chi connectivity index (χ4n) is 5.03. The van der Waals surface area contributed by atoms with Gasteiger partial charge in [0.15, 0.2) is 0 Å². The molecule has 6 heteroatoms. The standard InChI is InChI=1S/C35H27N3O3/c39-34(37-21-24-8-14-28(15-9-24)35(40)41)32-20-31(26-5-2-1-3-6-26)19-29-16-18-38(33(29)32)23-25-10-12-27(13-11-25)30-7-4-17-36-22-30/h1-20,22H,21,23H2,(H,37,39)(H,40,41). The van der Waals surface area contributed by atoms with Crippen molar-refractivity contribution in [1.29, 1.82) is 0 Å². The van der Waals surface area contributed by atoms with E-state index >= 15 is 0 Å². The number of carbonyl (C=O) groups is 2. The molecule has 0 aliphatic carbocycles. The molecule has 41 heavy (non-hydrogen) atoms. The zero-order valence-electron chi connectivity index (χ0n) is 22.2. The fourth-order valence-corrected chi connectivity index (χ4v) is 5.03. The summed E-state index contributed by atoms with van der Waals surface area (Å²) in [6.45, 7) is 0.894. The van der Waals surface area contributed by atoms with E-state index in [4.69, 9.17) is 5.11 Å². The van der Waals surface area contributed by atoms with Gasteiger partial charge in [-0.25, -0.2) is 4.79 Å². The van der Waals surface area contributed by atoms with E-state index in [0.29, 0.717) is 12.1 Å². The molecular formula is C35H27N3O3. The average molecular weight is 538 g/mol. The number of pyridine rings is 1. The number of fused-ring (bicyclic) bond motifs is 1. The van der Waals surface area contributed by atoms with Crippen LogP contribution in [0.25, 0.3) is 33.2 Å². The molecule has 0 atom stereocenters. The van der Waals surface area contributed by atoms with E-state index in [1.54, 1.807) is 30.5 Å². The second-order valence-electron chi connectivity index (χ2n) is 9.89. The first-order chi connectivity index (χ1) is 20.0. The Morgan fingerprint density at radius 3 is 2.15 bits per heavy atom. The summed E-state index contributed by atoms with van der Waals surface area (Å²) in [5.74, 6) is -1.17. The molecule has 6 aromatic rings. The zero-order chi connectivity index (χ0) is 28.2. The summed E-state index contributed by atoms with van der Waals surface area (Å²) in [7, 11) is 0. The number of aromatic nitrogens is 2. The Morgan fingerprint density at radius 2 is 1.44 bits per heavy atom. The summed E-state index contributed by atoms with van der Waals surface area (Å²) in [6, 6.07) is 35.0. The highest BCUT2D eigenvalue weighted by molar-refractivity contribution is 6.08. The van der Waals surface area contributed by atoms with Crippen LogP contribution < -0.4 is 5.32 Å². The minimum atomic E-state index is -0.979. The minimum Gasteiger partial charge on any atom is -0.478 e. The number of carboxylic acid groups (broad SMARTS) is 1. The van der Waals surface area contributed by atoms with E-state index in [-0.39, 0.29) is 18.0 Å². The van der Waals surface area contributed by atoms with Crippen LogP contribution in [-0.2, 0) is 13.1 Å². The van der Waals surface area contributed by atoms with Crippen molar-refractivity contribution in [1.82, 2.24) is 14.9 Å². The number of hydrogen-bond donors (Lipinski definition) is 2. The first-order valence-electron chi connectivity index (χ1n) is 13.3. The van der Waals surface area contributed by atoms with Gasteiger partial charge < -0.3 is 15.0 Å². The summed E-state index contributed by atoms with van der Waals surface area (Å²) in [4.78, 5) is 29.1. The van der Waals surface area contributed by atoms with Crippen LogP contribution in [0.3, 0.4) is 0 Å². The van der Waals surface area contributed by atoms with Gasteiger partial charge in [0.05, 0.1) is 16.6 Å². The molecule has 0 bridgehead atoms. The van der Waals surface area contributed by atoms with Crippen LogP contribution in [0.5, 0.6) is 0 Å². The van der Waals surface area contributed by atoms with Crippen molar-refractivity contribution in [3.05, 3.63) is 150 Å². The van der Waals surface area contributed by atoms with Crippen molar-refractivity contribution in [2.75, 3.05) is 0 Å². The molecule has 0 saturated heterocycles. The Morgan fingerprint density at radius 1 is 0.732 bits per heavy atom. The smallest absolute Gasteiger partial charge is 0.335 e. The van der Waals surface area contributed by atoms with Gasteiger partial charge in [0.1, 0.15) is 0 Å². The van der Waals surface area contributed by atoms with Crippen LogP contribution in [0, 0.1) is 0 Å². The summed E-state index contributed by atoms with van der Waals surface area (Å²) < 4.78 is 2.11. The highest BCUT2D eigenvalue weighted by atomic mass is 16.4. The molecule has 2 aromatic heterocycles. The van der Waals surface area contributed by atoms with Gasteiger partial charge in [-0.2, -0.15) is 0 Å². The summed E-state index contributed by atoms with van der Waals surface area (Å²) in [6.07, 6.45) is 5.64. The normalized spacial score (nSPS) is 10.9. The molecule has 1 amide bonds. The summed E-state index contributed by atoms with van der Waals surface area (Å²) >= 11 is 0. The molecule has 0 unspecified atom stereocenters. The number of amides is 1. The lowest BCUT2D eigenvalue weighted by molar-refractivity contribution is 0.0696. The van der Waals surface area contributed by atoms with Crippen molar-refractivity contribution < 1.29 is 14.7 Å². The van der Waals surface area contributed by atoms with E-state index in [0.717, 1.165) is 44.3 Å². The van der Waals surface area contributed by atoms with Crippen LogP contribution in [0.4, 0.5) is 0 Å². The molecule has 6 nitrogen and oxygen atoms in total. The van der Waals surface area contributed by atoms with Crippen LogP contribution in [0.15, 0.2) is 128 Å². The summed E-state index contributed by atoms with van der Waals surface area (Å²) in [5, 5.41) is 13.2. The van der Waals surface area contributed by atoms with Crippen LogP contribution in [0.2, 0.25) is 0 Å². The van der Waals surface area contributed by atoms with Gasteiger partial charge in [0, 0.05) is 37.1 Å². The monoisotopic (exact) mass is 537 g/mol. The van der Waals surface area contributed by atoms with Gasteiger partial charge in [-0.1, -0.05) is 72.8 Å². The molecule has 2 N–H and O–H groups in total. The first-order valence-corrected chi connectivity index (χ1v) is 13.3. The molecule has 0 aliphatic heterocycles. The molecule has 4 aromatic carbocycles. The molecule has 0 spiro atoms. The third-order valence-corrected chi connectivity index (χ3v) is 7.17. The highest BCUT2D eigenvalue weighted by Crippen LogP contribution is 2.30. The Hall–Kier alpha value is -5.49. The number of rotatable bonds is 8. The van der Waals surface area contributed by atoms with Gasteiger partial charge >= 0.3 is 5.97 Å². The predicted molar refractivity (Wildman–Crippen MR) is 161 cm³/mol. The number of aromatic carboxylic acids is 1. The molecule has 0 radical (unpaired) electrons. The average Bonchev–Trinajstić information content (AvgIpc) is 3.43. The second kappa shape index (κ2) is 11.3. The molecule has 0 aliphatic rings. The Labute approximate surface area is 237 Å². The maximum Gasteiger partial charge on any atom is 0.335 e. The first kappa shape index (κ1) is 25.8. The molecule has 6 rings (SSSR count). The summed E-state index contributed by atoms with van der Waals surface area (Å²) in [5.41, 5.74) is 7.76. The number of carboxylic acids is 1. The lowest BCUT2D eigenvalue weighted by Gasteiger charge is -2.14. The lowest BCUT2D eigenvalue weighted by atomic mass is 9.99. The van der Waals surface area contributed by atoms with Crippen molar-refractivity contribution in [2.24, 2.45) is 0 Å². The maximum atomic E-state index is 13.7. The van der Waals surface area contributed by atoms with Gasteiger partial charge in [-0.15, -0.1) is 0 Å². The molecule has 200 valence electrons. The minimum absolute atomic E-state index is 0.193. The second-order valence-corrected chi connectivity index (χ2v) is 9.89. The van der Waals surface area contributed by atoms with Crippen LogP contribution in [0.1, 0.15) is 31.8 Å². The van der Waals surface area contributed by atoms with E-state index in [2.05, 4.69) is 45.2 Å². The number of nitrogens with zero attached hydrogens (tertiary/aromatic N) is 2. The number of hydrogen-bond acceptors (Lipinski definition) is 3. The molecule has 0 saturated carbocycles. The SMILES string of the molecule is O=C(O)c1ccc(CNC(=O)c2cc(-c3ccccc3)cc3ccn(Cc4ccc(-c5cccnc5)cc4)c23)cc1. The quantitative estimate of drug-likeness (QED) is 0.218. The Kier molecular flexibility index (Phi) is 7.11. The van der Waals surface area contributed by atoms with Crippen LogP contribution >= 0.6 is 0 Å². The third kappa shape index (κ3) is 5.63. The van der Waals surface area contributed by atoms with Crippen molar-refractivity contribution >= 4 is 22.8 Å². The predicted octanol–water partition coefficient (Wildman–Crippen LogP) is 7.05. The van der Waals surface area contributed by atoms with E-state index in [1.165, 1.54) is 0 Å². The van der Waals surface area contributed by atoms with Crippen molar-refractivity contribution in [3.8, 4) is 22.3 Å². The van der Waals surface area contributed by atoms with Gasteiger partial charge in [0.25, 0.3) is 5.91 Å². The number of carbonyl (C=O) groups excluding carboxylic acids is 1. The number of benzene rings is 4. The highest BCUT2D eigenvalue weighted by Gasteiger charge is 2.17. The maximum absolute atomic E-state index is 13.7. The topological polar surface area (TPSA) is 84.2 Å². The van der Waals surface area contributed by atoms with Crippen molar-refractivity contribution in [3.63, 3.8) is 0 Å². The van der Waals surface area contributed by atoms with Gasteiger partial charge in [-0.05, 0) is 69.8 Å². The Balaban J connectivity index is 1.32. The lowest BCUT2D eigenvalue weighted by Crippen LogP contribution is -2.23. The van der Waals surface area contributed by atoms with Crippen LogP contribution in [-0.4, -0.2) is 26.5 Å². The number of nitrogens with one attached hydrogen (secondary N) is 1. The van der Waals surface area contributed by atoms with E-state index in [9.17, 15) is 9.59 Å². The Bertz CT molecular complexity index is 1830. The molecule has 0 fully saturated rings. The van der Waals surface area contributed by atoms with Crippen molar-refractivity contribution in [2.45, 2.75) is 13.1 Å². The van der Waals surface area contributed by atoms with E-state index in [1.807, 2.05) is 67.0 Å². The van der Waals surface area contributed by atoms with Gasteiger partial charge in [0.2, 0.25) is 0 Å². The van der Waals surface area contributed by atoms with E-state index < -0.39 is 5.97 Å². The largest absolute Gasteiger partial charge is 0.478 e.